The van der Waals surface area contributed by atoms with Crippen LogP contribution in [0.1, 0.15) is 36.6 Å². The number of rotatable bonds is 3. The van der Waals surface area contributed by atoms with Gasteiger partial charge in [0.2, 0.25) is 0 Å². The molecule has 3 heteroatoms. The molecule has 0 saturated heterocycles. The molecule has 0 spiro atoms. The summed E-state index contributed by atoms with van der Waals surface area (Å²) in [5.41, 5.74) is -0.187. The standard InChI is InChI=1S/C11H18O2S/c1-8-5-6-10(14-8)9(12)7-13-11(2,3)4/h5-6,9,12H,7H2,1-4H3. The molecular weight excluding hydrogens is 196 g/mol. The fourth-order valence-electron chi connectivity index (χ4n) is 1.04. The molecule has 0 saturated carbocycles. The molecule has 2 nitrogen and oxygen atoms in total. The van der Waals surface area contributed by atoms with Crippen LogP contribution in [-0.4, -0.2) is 17.3 Å². The zero-order valence-corrected chi connectivity index (χ0v) is 10.0. The number of aliphatic hydroxyl groups is 1. The molecular formula is C11H18O2S. The van der Waals surface area contributed by atoms with E-state index in [1.807, 2.05) is 39.8 Å². The quantitative estimate of drug-likeness (QED) is 0.838. The second kappa shape index (κ2) is 4.43. The van der Waals surface area contributed by atoms with E-state index in [0.29, 0.717) is 6.61 Å². The van der Waals surface area contributed by atoms with Crippen LogP contribution < -0.4 is 0 Å². The molecule has 1 aromatic rings. The van der Waals surface area contributed by atoms with Crippen molar-refractivity contribution in [3.63, 3.8) is 0 Å². The molecule has 0 aliphatic heterocycles. The van der Waals surface area contributed by atoms with Crippen LogP contribution in [0.5, 0.6) is 0 Å². The van der Waals surface area contributed by atoms with Crippen molar-refractivity contribution in [2.45, 2.75) is 39.4 Å². The van der Waals surface area contributed by atoms with Gasteiger partial charge in [-0.2, -0.15) is 0 Å². The fourth-order valence-corrected chi connectivity index (χ4v) is 1.89. The first-order chi connectivity index (χ1) is 6.38. The van der Waals surface area contributed by atoms with Gasteiger partial charge >= 0.3 is 0 Å². The summed E-state index contributed by atoms with van der Waals surface area (Å²) in [4.78, 5) is 2.20. The molecule has 0 fully saturated rings. The summed E-state index contributed by atoms with van der Waals surface area (Å²) in [6.07, 6.45) is -0.493. The summed E-state index contributed by atoms with van der Waals surface area (Å²) < 4.78 is 5.51. The highest BCUT2D eigenvalue weighted by Gasteiger charge is 2.15. The van der Waals surface area contributed by atoms with Crippen LogP contribution in [0.4, 0.5) is 0 Å². The maximum atomic E-state index is 9.78. The predicted molar refractivity (Wildman–Crippen MR) is 59.7 cm³/mol. The molecule has 80 valence electrons. The summed E-state index contributed by atoms with van der Waals surface area (Å²) in [5.74, 6) is 0. The Balaban J connectivity index is 2.47. The lowest BCUT2D eigenvalue weighted by atomic mass is 10.2. The Kier molecular flexibility index (Phi) is 3.70. The van der Waals surface area contributed by atoms with E-state index in [0.717, 1.165) is 4.88 Å². The van der Waals surface area contributed by atoms with E-state index in [4.69, 9.17) is 4.74 Å². The summed E-state index contributed by atoms with van der Waals surface area (Å²) >= 11 is 1.62. The summed E-state index contributed by atoms with van der Waals surface area (Å²) in [7, 11) is 0. The van der Waals surface area contributed by atoms with Crippen molar-refractivity contribution < 1.29 is 9.84 Å². The minimum atomic E-state index is -0.493. The Morgan fingerprint density at radius 1 is 1.43 bits per heavy atom. The van der Waals surface area contributed by atoms with Crippen molar-refractivity contribution in [3.05, 3.63) is 21.9 Å². The first-order valence-corrected chi connectivity index (χ1v) is 5.58. The van der Waals surface area contributed by atoms with Crippen LogP contribution in [0.25, 0.3) is 0 Å². The van der Waals surface area contributed by atoms with E-state index in [2.05, 4.69) is 0 Å². The first-order valence-electron chi connectivity index (χ1n) is 4.77. The van der Waals surface area contributed by atoms with E-state index >= 15 is 0 Å². The molecule has 1 aromatic heterocycles. The third-order valence-corrected chi connectivity index (χ3v) is 2.87. The number of hydrogen-bond acceptors (Lipinski definition) is 3. The van der Waals surface area contributed by atoms with E-state index in [1.54, 1.807) is 11.3 Å². The largest absolute Gasteiger partial charge is 0.385 e. The van der Waals surface area contributed by atoms with Crippen LogP contribution in [0.15, 0.2) is 12.1 Å². The van der Waals surface area contributed by atoms with Crippen LogP contribution in [0.3, 0.4) is 0 Å². The highest BCUT2D eigenvalue weighted by Crippen LogP contribution is 2.23. The van der Waals surface area contributed by atoms with Crippen molar-refractivity contribution in [1.29, 1.82) is 0 Å². The summed E-state index contributed by atoms with van der Waals surface area (Å²) in [5, 5.41) is 9.78. The average molecular weight is 214 g/mol. The lowest BCUT2D eigenvalue weighted by Gasteiger charge is -2.21. The molecule has 0 aromatic carbocycles. The maximum absolute atomic E-state index is 9.78. The van der Waals surface area contributed by atoms with Crippen LogP contribution in [-0.2, 0) is 4.74 Å². The molecule has 1 heterocycles. The number of thiophene rings is 1. The van der Waals surface area contributed by atoms with Gasteiger partial charge in [0, 0.05) is 9.75 Å². The third kappa shape index (κ3) is 3.78. The van der Waals surface area contributed by atoms with Crippen molar-refractivity contribution in [1.82, 2.24) is 0 Å². The van der Waals surface area contributed by atoms with Gasteiger partial charge in [-0.25, -0.2) is 0 Å². The lowest BCUT2D eigenvalue weighted by Crippen LogP contribution is -2.22. The van der Waals surface area contributed by atoms with E-state index in [-0.39, 0.29) is 5.60 Å². The summed E-state index contributed by atoms with van der Waals surface area (Å²) in [6, 6.07) is 3.97. The Morgan fingerprint density at radius 2 is 2.07 bits per heavy atom. The second-order valence-electron chi connectivity index (χ2n) is 4.39. The fraction of sp³-hybridized carbons (Fsp3) is 0.636. The highest BCUT2D eigenvalue weighted by molar-refractivity contribution is 7.12. The smallest absolute Gasteiger partial charge is 0.111 e. The molecule has 0 radical (unpaired) electrons. The molecule has 0 amide bonds. The molecule has 0 aliphatic carbocycles. The van der Waals surface area contributed by atoms with Gasteiger partial charge < -0.3 is 9.84 Å². The Morgan fingerprint density at radius 3 is 2.50 bits per heavy atom. The SMILES string of the molecule is Cc1ccc(C(O)COC(C)(C)C)s1. The Hall–Kier alpha value is -0.380. The molecule has 1 atom stereocenters. The molecule has 1 N–H and O–H groups in total. The monoisotopic (exact) mass is 214 g/mol. The highest BCUT2D eigenvalue weighted by atomic mass is 32.1. The van der Waals surface area contributed by atoms with Crippen molar-refractivity contribution in [2.24, 2.45) is 0 Å². The summed E-state index contributed by atoms with van der Waals surface area (Å²) in [6.45, 7) is 8.35. The maximum Gasteiger partial charge on any atom is 0.111 e. The Labute approximate surface area is 89.5 Å². The van der Waals surface area contributed by atoms with Gasteiger partial charge in [-0.15, -0.1) is 11.3 Å². The average Bonchev–Trinajstić information content (AvgIpc) is 2.46. The van der Waals surface area contributed by atoms with Gasteiger partial charge in [0.15, 0.2) is 0 Å². The van der Waals surface area contributed by atoms with Gasteiger partial charge in [0.05, 0.1) is 12.2 Å². The number of aliphatic hydroxyl groups excluding tert-OH is 1. The number of hydrogen-bond donors (Lipinski definition) is 1. The lowest BCUT2D eigenvalue weighted by molar-refractivity contribution is -0.0487. The molecule has 1 rings (SSSR count). The predicted octanol–water partition coefficient (Wildman–Crippen LogP) is 2.91. The van der Waals surface area contributed by atoms with Crippen LogP contribution >= 0.6 is 11.3 Å². The van der Waals surface area contributed by atoms with Gasteiger partial charge in [-0.05, 0) is 39.8 Å². The molecule has 1 unspecified atom stereocenters. The number of aryl methyl sites for hydroxylation is 1. The molecule has 14 heavy (non-hydrogen) atoms. The van der Waals surface area contributed by atoms with E-state index < -0.39 is 6.10 Å². The van der Waals surface area contributed by atoms with Gasteiger partial charge in [0.25, 0.3) is 0 Å². The minimum Gasteiger partial charge on any atom is -0.385 e. The van der Waals surface area contributed by atoms with E-state index in [9.17, 15) is 5.11 Å². The zero-order chi connectivity index (χ0) is 10.8. The molecule has 0 bridgehead atoms. The van der Waals surface area contributed by atoms with Gasteiger partial charge in [0.1, 0.15) is 6.10 Å². The van der Waals surface area contributed by atoms with Gasteiger partial charge in [-0.1, -0.05) is 0 Å². The van der Waals surface area contributed by atoms with Crippen molar-refractivity contribution in [2.75, 3.05) is 6.61 Å². The van der Waals surface area contributed by atoms with Crippen LogP contribution in [0, 0.1) is 6.92 Å². The number of ether oxygens (including phenoxy) is 1. The first kappa shape index (κ1) is 11.7. The zero-order valence-electron chi connectivity index (χ0n) is 9.20. The normalized spacial score (nSPS) is 14.4. The second-order valence-corrected chi connectivity index (χ2v) is 5.71. The minimum absolute atomic E-state index is 0.187. The van der Waals surface area contributed by atoms with Gasteiger partial charge in [-0.3, -0.25) is 0 Å². The van der Waals surface area contributed by atoms with Crippen molar-refractivity contribution >= 4 is 11.3 Å². The topological polar surface area (TPSA) is 29.5 Å². The molecule has 0 aliphatic rings. The van der Waals surface area contributed by atoms with Crippen LogP contribution in [0.2, 0.25) is 0 Å². The van der Waals surface area contributed by atoms with E-state index in [1.165, 1.54) is 4.88 Å². The Bertz CT molecular complexity index is 286. The third-order valence-electron chi connectivity index (χ3n) is 1.76. The van der Waals surface area contributed by atoms with Crippen molar-refractivity contribution in [3.8, 4) is 0 Å².